The SMILES string of the molecule is CCCN1CCCCC1C(=O)Nc1ccc(C(=O)N2CCc3ccccc32)cc1. The van der Waals surface area contributed by atoms with E-state index in [-0.39, 0.29) is 17.9 Å². The summed E-state index contributed by atoms with van der Waals surface area (Å²) >= 11 is 0. The van der Waals surface area contributed by atoms with Gasteiger partial charge in [0.25, 0.3) is 5.91 Å². The molecule has 2 heterocycles. The lowest BCUT2D eigenvalue weighted by Gasteiger charge is -2.34. The average Bonchev–Trinajstić information content (AvgIpc) is 3.18. The van der Waals surface area contributed by atoms with Crippen LogP contribution < -0.4 is 10.2 Å². The molecule has 5 nitrogen and oxygen atoms in total. The normalized spacial score (nSPS) is 19.1. The Morgan fingerprint density at radius 3 is 2.62 bits per heavy atom. The molecule has 152 valence electrons. The van der Waals surface area contributed by atoms with Gasteiger partial charge in [-0.25, -0.2) is 0 Å². The molecule has 1 unspecified atom stereocenters. The van der Waals surface area contributed by atoms with Crippen LogP contribution in [0.25, 0.3) is 0 Å². The van der Waals surface area contributed by atoms with Crippen molar-refractivity contribution in [2.24, 2.45) is 0 Å². The van der Waals surface area contributed by atoms with E-state index in [0.29, 0.717) is 12.1 Å². The molecule has 1 fully saturated rings. The second-order valence-corrected chi connectivity index (χ2v) is 7.95. The molecule has 0 spiro atoms. The Kier molecular flexibility index (Phi) is 5.95. The fourth-order valence-corrected chi connectivity index (χ4v) is 4.47. The van der Waals surface area contributed by atoms with Crippen molar-refractivity contribution in [3.05, 3.63) is 59.7 Å². The molecule has 0 aromatic heterocycles. The number of benzene rings is 2. The van der Waals surface area contributed by atoms with Gasteiger partial charge in [0, 0.05) is 23.5 Å². The minimum absolute atomic E-state index is 0.00854. The molecule has 1 atom stereocenters. The molecule has 2 aromatic carbocycles. The first-order chi connectivity index (χ1) is 14.2. The predicted octanol–water partition coefficient (Wildman–Crippen LogP) is 4.09. The van der Waals surface area contributed by atoms with E-state index in [1.54, 1.807) is 0 Å². The number of anilines is 2. The van der Waals surface area contributed by atoms with Crippen LogP contribution in [0, 0.1) is 0 Å². The molecule has 2 aliphatic heterocycles. The highest BCUT2D eigenvalue weighted by Gasteiger charge is 2.28. The fourth-order valence-electron chi connectivity index (χ4n) is 4.47. The van der Waals surface area contributed by atoms with Gasteiger partial charge in [-0.3, -0.25) is 14.5 Å². The van der Waals surface area contributed by atoms with Crippen molar-refractivity contribution in [2.75, 3.05) is 29.9 Å². The van der Waals surface area contributed by atoms with E-state index in [1.165, 1.54) is 12.0 Å². The van der Waals surface area contributed by atoms with Gasteiger partial charge in [0.2, 0.25) is 5.91 Å². The standard InChI is InChI=1S/C24H29N3O2/c1-2-15-26-16-6-5-9-22(26)23(28)25-20-12-10-19(11-13-20)24(29)27-17-14-18-7-3-4-8-21(18)27/h3-4,7-8,10-13,22H,2,5-6,9,14-17H2,1H3,(H,25,28). The van der Waals surface area contributed by atoms with Crippen LogP contribution in [0.15, 0.2) is 48.5 Å². The minimum atomic E-state index is -0.0499. The van der Waals surface area contributed by atoms with Gasteiger partial charge in [-0.2, -0.15) is 0 Å². The maximum atomic E-state index is 12.9. The Morgan fingerprint density at radius 2 is 1.83 bits per heavy atom. The van der Waals surface area contributed by atoms with Gasteiger partial charge in [0.1, 0.15) is 0 Å². The molecule has 2 aliphatic rings. The lowest BCUT2D eigenvalue weighted by Crippen LogP contribution is -2.47. The van der Waals surface area contributed by atoms with Crippen molar-refractivity contribution >= 4 is 23.2 Å². The summed E-state index contributed by atoms with van der Waals surface area (Å²) in [5, 5.41) is 3.05. The highest BCUT2D eigenvalue weighted by Crippen LogP contribution is 2.29. The number of rotatable bonds is 5. The van der Waals surface area contributed by atoms with Crippen molar-refractivity contribution in [1.29, 1.82) is 0 Å². The smallest absolute Gasteiger partial charge is 0.258 e. The van der Waals surface area contributed by atoms with Crippen molar-refractivity contribution in [3.8, 4) is 0 Å². The largest absolute Gasteiger partial charge is 0.325 e. The van der Waals surface area contributed by atoms with Crippen LogP contribution in [-0.2, 0) is 11.2 Å². The summed E-state index contributed by atoms with van der Waals surface area (Å²) in [5.74, 6) is 0.0694. The summed E-state index contributed by atoms with van der Waals surface area (Å²) in [6.07, 6.45) is 5.13. The highest BCUT2D eigenvalue weighted by atomic mass is 16.2. The quantitative estimate of drug-likeness (QED) is 0.835. The molecule has 5 heteroatoms. The molecule has 2 aromatic rings. The number of hydrogen-bond donors (Lipinski definition) is 1. The molecule has 0 saturated carbocycles. The number of amides is 2. The van der Waals surface area contributed by atoms with E-state index in [0.717, 1.165) is 50.1 Å². The Hall–Kier alpha value is -2.66. The van der Waals surface area contributed by atoms with E-state index in [1.807, 2.05) is 47.4 Å². The summed E-state index contributed by atoms with van der Waals surface area (Å²) in [7, 11) is 0. The summed E-state index contributed by atoms with van der Waals surface area (Å²) in [5.41, 5.74) is 3.61. The topological polar surface area (TPSA) is 52.7 Å². The van der Waals surface area contributed by atoms with Crippen LogP contribution in [0.3, 0.4) is 0 Å². The van der Waals surface area contributed by atoms with E-state index in [2.05, 4.69) is 23.2 Å². The van der Waals surface area contributed by atoms with Gasteiger partial charge >= 0.3 is 0 Å². The molecule has 4 rings (SSSR count). The zero-order valence-corrected chi connectivity index (χ0v) is 17.1. The number of fused-ring (bicyclic) bond motifs is 1. The molecule has 0 radical (unpaired) electrons. The molecule has 0 aliphatic carbocycles. The summed E-state index contributed by atoms with van der Waals surface area (Å²) in [6, 6.07) is 15.3. The number of piperidine rings is 1. The lowest BCUT2D eigenvalue weighted by molar-refractivity contribution is -0.122. The average molecular weight is 392 g/mol. The van der Waals surface area contributed by atoms with Crippen molar-refractivity contribution in [2.45, 2.75) is 45.1 Å². The first-order valence-electron chi connectivity index (χ1n) is 10.7. The minimum Gasteiger partial charge on any atom is -0.325 e. The third kappa shape index (κ3) is 4.20. The first-order valence-corrected chi connectivity index (χ1v) is 10.7. The maximum Gasteiger partial charge on any atom is 0.258 e. The summed E-state index contributed by atoms with van der Waals surface area (Å²) in [4.78, 5) is 29.9. The van der Waals surface area contributed by atoms with Crippen LogP contribution in [-0.4, -0.2) is 42.4 Å². The number of hydrogen-bond acceptors (Lipinski definition) is 3. The van der Waals surface area contributed by atoms with Gasteiger partial charge in [-0.1, -0.05) is 31.5 Å². The fraction of sp³-hybridized carbons (Fsp3) is 0.417. The molecule has 0 bridgehead atoms. The van der Waals surface area contributed by atoms with Crippen LogP contribution >= 0.6 is 0 Å². The Bertz CT molecular complexity index is 876. The summed E-state index contributed by atoms with van der Waals surface area (Å²) < 4.78 is 0. The molecule has 29 heavy (non-hydrogen) atoms. The second-order valence-electron chi connectivity index (χ2n) is 7.95. The molecular weight excluding hydrogens is 362 g/mol. The number of carbonyl (C=O) groups is 2. The van der Waals surface area contributed by atoms with Crippen molar-refractivity contribution < 1.29 is 9.59 Å². The van der Waals surface area contributed by atoms with Crippen LogP contribution in [0.5, 0.6) is 0 Å². The highest BCUT2D eigenvalue weighted by molar-refractivity contribution is 6.07. The number of nitrogens with one attached hydrogen (secondary N) is 1. The van der Waals surface area contributed by atoms with Gasteiger partial charge in [0.05, 0.1) is 6.04 Å². The second kappa shape index (κ2) is 8.78. The maximum absolute atomic E-state index is 12.9. The van der Waals surface area contributed by atoms with E-state index >= 15 is 0 Å². The third-order valence-corrected chi connectivity index (χ3v) is 5.96. The van der Waals surface area contributed by atoms with Gasteiger partial charge in [-0.05, 0) is 74.7 Å². The zero-order valence-electron chi connectivity index (χ0n) is 17.1. The van der Waals surface area contributed by atoms with Gasteiger partial charge < -0.3 is 10.2 Å². The number of para-hydroxylation sites is 1. The lowest BCUT2D eigenvalue weighted by atomic mass is 10.0. The van der Waals surface area contributed by atoms with E-state index < -0.39 is 0 Å². The molecular formula is C24H29N3O2. The van der Waals surface area contributed by atoms with Gasteiger partial charge in [0.15, 0.2) is 0 Å². The number of likely N-dealkylation sites (tertiary alicyclic amines) is 1. The Morgan fingerprint density at radius 1 is 1.03 bits per heavy atom. The Balaban J connectivity index is 1.42. The predicted molar refractivity (Wildman–Crippen MR) is 116 cm³/mol. The van der Waals surface area contributed by atoms with Crippen LogP contribution in [0.4, 0.5) is 11.4 Å². The zero-order chi connectivity index (χ0) is 20.2. The molecule has 2 amide bonds. The number of nitrogens with zero attached hydrogens (tertiary/aromatic N) is 2. The van der Waals surface area contributed by atoms with Crippen LogP contribution in [0.2, 0.25) is 0 Å². The van der Waals surface area contributed by atoms with Crippen molar-refractivity contribution in [3.63, 3.8) is 0 Å². The number of carbonyl (C=O) groups excluding carboxylic acids is 2. The van der Waals surface area contributed by atoms with Crippen molar-refractivity contribution in [1.82, 2.24) is 4.90 Å². The third-order valence-electron chi connectivity index (χ3n) is 5.96. The Labute approximate surface area is 172 Å². The molecule has 1 N–H and O–H groups in total. The molecule has 1 saturated heterocycles. The van der Waals surface area contributed by atoms with Gasteiger partial charge in [-0.15, -0.1) is 0 Å². The summed E-state index contributed by atoms with van der Waals surface area (Å²) in [6.45, 7) is 4.82. The van der Waals surface area contributed by atoms with Crippen LogP contribution in [0.1, 0.15) is 48.5 Å². The van der Waals surface area contributed by atoms with E-state index in [9.17, 15) is 9.59 Å². The van der Waals surface area contributed by atoms with E-state index in [4.69, 9.17) is 0 Å². The monoisotopic (exact) mass is 391 g/mol. The first kappa shape index (κ1) is 19.6.